The van der Waals surface area contributed by atoms with E-state index in [2.05, 4.69) is 5.32 Å². The summed E-state index contributed by atoms with van der Waals surface area (Å²) in [5.41, 5.74) is -0.467. The molecule has 1 rings (SSSR count). The molecule has 92 valence electrons. The second-order valence-electron chi connectivity index (χ2n) is 5.06. The van der Waals surface area contributed by atoms with Crippen LogP contribution in [0, 0.1) is 0 Å². The number of alkyl carbamates (subject to hydrolysis) is 1. The van der Waals surface area contributed by atoms with Gasteiger partial charge in [0.1, 0.15) is 11.9 Å². The van der Waals surface area contributed by atoms with Crippen molar-refractivity contribution in [3.63, 3.8) is 0 Å². The fourth-order valence-corrected chi connectivity index (χ4v) is 1.70. The summed E-state index contributed by atoms with van der Waals surface area (Å²) >= 11 is 0. The van der Waals surface area contributed by atoms with Crippen molar-refractivity contribution in [3.05, 3.63) is 0 Å². The van der Waals surface area contributed by atoms with Gasteiger partial charge in [0.2, 0.25) is 0 Å². The molecule has 0 aromatic carbocycles. The first kappa shape index (κ1) is 13.0. The third kappa shape index (κ3) is 4.61. The lowest BCUT2D eigenvalue weighted by Crippen LogP contribution is -2.40. The van der Waals surface area contributed by atoms with Gasteiger partial charge in [-0.25, -0.2) is 4.79 Å². The number of hydrogen-bond donors (Lipinski definition) is 1. The van der Waals surface area contributed by atoms with Crippen molar-refractivity contribution in [3.8, 4) is 0 Å². The van der Waals surface area contributed by atoms with Crippen LogP contribution < -0.4 is 5.32 Å². The number of carbonyl (C=O) groups excluding carboxylic acids is 2. The molecular weight excluding hydrogens is 208 g/mol. The number of nitrogens with one attached hydrogen (secondary N) is 1. The quantitative estimate of drug-likeness (QED) is 0.725. The van der Waals surface area contributed by atoms with Gasteiger partial charge in [-0.05, 0) is 27.2 Å². The molecule has 5 nitrogen and oxygen atoms in total. The van der Waals surface area contributed by atoms with Crippen molar-refractivity contribution in [2.75, 3.05) is 19.6 Å². The van der Waals surface area contributed by atoms with Crippen molar-refractivity contribution in [1.29, 1.82) is 0 Å². The molecule has 0 aromatic rings. The summed E-state index contributed by atoms with van der Waals surface area (Å²) in [6.07, 6.45) is 1.37. The maximum absolute atomic E-state index is 11.5. The highest BCUT2D eigenvalue weighted by molar-refractivity contribution is 5.68. The zero-order valence-corrected chi connectivity index (χ0v) is 10.2. The lowest BCUT2D eigenvalue weighted by atomic mass is 10.2. The lowest BCUT2D eigenvalue weighted by molar-refractivity contribution is -0.108. The normalized spacial score (nSPS) is 21.8. The predicted octanol–water partition coefficient (Wildman–Crippen LogP) is 0.784. The predicted molar refractivity (Wildman–Crippen MR) is 60.3 cm³/mol. The van der Waals surface area contributed by atoms with Gasteiger partial charge < -0.3 is 14.8 Å². The molecule has 1 fully saturated rings. The Morgan fingerprint density at radius 3 is 2.81 bits per heavy atom. The molecule has 0 aliphatic carbocycles. The Kier molecular flexibility index (Phi) is 4.29. The molecule has 16 heavy (non-hydrogen) atoms. The summed E-state index contributed by atoms with van der Waals surface area (Å²) in [5.74, 6) is 0. The van der Waals surface area contributed by atoms with Gasteiger partial charge in [0, 0.05) is 19.1 Å². The summed E-state index contributed by atoms with van der Waals surface area (Å²) < 4.78 is 5.16. The van der Waals surface area contributed by atoms with E-state index < -0.39 is 5.60 Å². The lowest BCUT2D eigenvalue weighted by Gasteiger charge is -2.21. The number of rotatable bonds is 3. The zero-order chi connectivity index (χ0) is 12.2. The van der Waals surface area contributed by atoms with Gasteiger partial charge >= 0.3 is 6.09 Å². The minimum atomic E-state index is -0.467. The molecule has 5 heteroatoms. The van der Waals surface area contributed by atoms with E-state index in [1.165, 1.54) is 0 Å². The zero-order valence-electron chi connectivity index (χ0n) is 10.2. The van der Waals surface area contributed by atoms with Gasteiger partial charge in [0.25, 0.3) is 0 Å². The molecule has 0 bridgehead atoms. The number of likely N-dealkylation sites (tertiary alicyclic amines) is 1. The highest BCUT2D eigenvalue weighted by atomic mass is 16.6. The Bertz CT molecular complexity index is 260. The molecule has 0 aromatic heterocycles. The van der Waals surface area contributed by atoms with Crippen molar-refractivity contribution in [2.45, 2.75) is 38.8 Å². The topological polar surface area (TPSA) is 58.6 Å². The Balaban J connectivity index is 2.28. The van der Waals surface area contributed by atoms with E-state index in [1.54, 1.807) is 0 Å². The number of carbonyl (C=O) groups is 2. The Labute approximate surface area is 96.1 Å². The molecule has 1 heterocycles. The maximum Gasteiger partial charge on any atom is 0.407 e. The van der Waals surface area contributed by atoms with E-state index in [9.17, 15) is 9.59 Å². The highest BCUT2D eigenvalue weighted by Crippen LogP contribution is 2.10. The first-order valence-corrected chi connectivity index (χ1v) is 5.56. The SMILES string of the molecule is CC(C)(C)OC(=O)NC1CCN(CC=O)C1. The first-order valence-electron chi connectivity index (χ1n) is 5.56. The average Bonchev–Trinajstić information content (AvgIpc) is 2.49. The van der Waals surface area contributed by atoms with Crippen LogP contribution in [-0.2, 0) is 9.53 Å². The molecule has 1 atom stereocenters. The van der Waals surface area contributed by atoms with Crippen molar-refractivity contribution < 1.29 is 14.3 Å². The number of aldehydes is 1. The smallest absolute Gasteiger partial charge is 0.407 e. The molecule has 1 aliphatic rings. The van der Waals surface area contributed by atoms with Crippen molar-refractivity contribution in [2.24, 2.45) is 0 Å². The fraction of sp³-hybridized carbons (Fsp3) is 0.818. The molecule has 1 N–H and O–H groups in total. The number of amides is 1. The largest absolute Gasteiger partial charge is 0.444 e. The van der Waals surface area contributed by atoms with Gasteiger partial charge in [0.05, 0.1) is 6.54 Å². The molecule has 1 aliphatic heterocycles. The summed E-state index contributed by atoms with van der Waals surface area (Å²) in [6, 6.07) is 0.0924. The van der Waals surface area contributed by atoms with Crippen LogP contribution in [0.2, 0.25) is 0 Å². The number of nitrogens with zero attached hydrogens (tertiary/aromatic N) is 1. The van der Waals surface area contributed by atoms with Crippen LogP contribution in [0.5, 0.6) is 0 Å². The first-order chi connectivity index (χ1) is 7.40. The van der Waals surface area contributed by atoms with Gasteiger partial charge in [-0.3, -0.25) is 4.90 Å². The van der Waals surface area contributed by atoms with Gasteiger partial charge in [-0.15, -0.1) is 0 Å². The summed E-state index contributed by atoms with van der Waals surface area (Å²) in [6.45, 7) is 7.50. The third-order valence-corrected chi connectivity index (χ3v) is 2.33. The maximum atomic E-state index is 11.5. The monoisotopic (exact) mass is 228 g/mol. The van der Waals surface area contributed by atoms with E-state index in [4.69, 9.17) is 4.74 Å². The number of ether oxygens (including phenoxy) is 1. The van der Waals surface area contributed by atoms with Crippen LogP contribution in [0.4, 0.5) is 4.79 Å². The van der Waals surface area contributed by atoms with Gasteiger partial charge in [0.15, 0.2) is 0 Å². The van der Waals surface area contributed by atoms with Crippen LogP contribution in [0.25, 0.3) is 0 Å². The van der Waals surface area contributed by atoms with E-state index in [-0.39, 0.29) is 12.1 Å². The molecule has 0 spiro atoms. The van der Waals surface area contributed by atoms with Crippen LogP contribution >= 0.6 is 0 Å². The second kappa shape index (κ2) is 5.30. The van der Waals surface area contributed by atoms with Crippen molar-refractivity contribution >= 4 is 12.4 Å². The Hall–Kier alpha value is -1.10. The summed E-state index contributed by atoms with van der Waals surface area (Å²) in [4.78, 5) is 23.8. The summed E-state index contributed by atoms with van der Waals surface area (Å²) in [5, 5.41) is 2.81. The standard InChI is InChI=1S/C11H20N2O3/c1-11(2,3)16-10(15)12-9-4-5-13(8-9)6-7-14/h7,9H,4-6,8H2,1-3H3,(H,12,15). The van der Waals surface area contributed by atoms with Crippen LogP contribution in [-0.4, -0.2) is 48.6 Å². The van der Waals surface area contributed by atoms with Crippen LogP contribution in [0.3, 0.4) is 0 Å². The van der Waals surface area contributed by atoms with E-state index in [0.717, 1.165) is 25.8 Å². The molecule has 0 radical (unpaired) electrons. The third-order valence-electron chi connectivity index (χ3n) is 2.33. The van der Waals surface area contributed by atoms with Gasteiger partial charge in [-0.1, -0.05) is 0 Å². The molecule has 0 saturated carbocycles. The molecule has 1 saturated heterocycles. The molecule has 1 unspecified atom stereocenters. The fourth-order valence-electron chi connectivity index (χ4n) is 1.70. The van der Waals surface area contributed by atoms with E-state index >= 15 is 0 Å². The summed E-state index contributed by atoms with van der Waals surface area (Å²) in [7, 11) is 0. The Morgan fingerprint density at radius 1 is 1.56 bits per heavy atom. The van der Waals surface area contributed by atoms with Gasteiger partial charge in [-0.2, -0.15) is 0 Å². The molecule has 1 amide bonds. The van der Waals surface area contributed by atoms with E-state index in [1.807, 2.05) is 25.7 Å². The molecular formula is C11H20N2O3. The highest BCUT2D eigenvalue weighted by Gasteiger charge is 2.25. The Morgan fingerprint density at radius 2 is 2.25 bits per heavy atom. The van der Waals surface area contributed by atoms with Crippen LogP contribution in [0.1, 0.15) is 27.2 Å². The van der Waals surface area contributed by atoms with E-state index in [0.29, 0.717) is 6.54 Å². The minimum absolute atomic E-state index is 0.0924. The average molecular weight is 228 g/mol. The van der Waals surface area contributed by atoms with Crippen LogP contribution in [0.15, 0.2) is 0 Å². The minimum Gasteiger partial charge on any atom is -0.444 e. The second-order valence-corrected chi connectivity index (χ2v) is 5.06. The van der Waals surface area contributed by atoms with Crippen molar-refractivity contribution in [1.82, 2.24) is 10.2 Å². The number of hydrogen-bond acceptors (Lipinski definition) is 4.